The van der Waals surface area contributed by atoms with E-state index < -0.39 is 0 Å². The van der Waals surface area contributed by atoms with E-state index in [9.17, 15) is 4.79 Å². The van der Waals surface area contributed by atoms with Gasteiger partial charge in [0.05, 0.1) is 19.3 Å². The van der Waals surface area contributed by atoms with Crippen molar-refractivity contribution in [1.29, 1.82) is 0 Å². The van der Waals surface area contributed by atoms with Gasteiger partial charge < -0.3 is 29.9 Å². The van der Waals surface area contributed by atoms with E-state index in [2.05, 4.69) is 27.6 Å². The van der Waals surface area contributed by atoms with Crippen LogP contribution in [0.25, 0.3) is 0 Å². The lowest BCUT2D eigenvalue weighted by Crippen LogP contribution is -2.52. The van der Waals surface area contributed by atoms with E-state index in [0.29, 0.717) is 25.7 Å². The van der Waals surface area contributed by atoms with Crippen LogP contribution in [0.2, 0.25) is 0 Å². The second kappa shape index (κ2) is 9.68. The number of carbonyl (C=O) groups excluding carboxylic acids is 1. The smallest absolute Gasteiger partial charge is 0.409 e. The number of rotatable bonds is 4. The van der Waals surface area contributed by atoms with Crippen LogP contribution in [0.4, 0.5) is 4.79 Å². The Morgan fingerprint density at radius 2 is 2.08 bits per heavy atom. The first-order valence-electron chi connectivity index (χ1n) is 8.81. The summed E-state index contributed by atoms with van der Waals surface area (Å²) in [7, 11) is 3.89. The van der Waals surface area contributed by atoms with E-state index in [1.165, 1.54) is 0 Å². The highest BCUT2D eigenvalue weighted by molar-refractivity contribution is 5.80. The lowest BCUT2D eigenvalue weighted by Gasteiger charge is -2.33. The second-order valence-corrected chi connectivity index (χ2v) is 6.31. The summed E-state index contributed by atoms with van der Waals surface area (Å²) in [5.74, 6) is 0.793. The number of guanidine groups is 1. The van der Waals surface area contributed by atoms with Crippen LogP contribution in [0.3, 0.4) is 0 Å². The molecule has 8 nitrogen and oxygen atoms in total. The minimum absolute atomic E-state index is 0.188. The lowest BCUT2D eigenvalue weighted by molar-refractivity contribution is -0.0161. The van der Waals surface area contributed by atoms with Crippen LogP contribution in [-0.2, 0) is 9.47 Å². The van der Waals surface area contributed by atoms with Gasteiger partial charge in [0.25, 0.3) is 0 Å². The highest BCUT2D eigenvalue weighted by Crippen LogP contribution is 2.11. The number of likely N-dealkylation sites (N-methyl/N-ethyl adjacent to an activating group) is 1. The van der Waals surface area contributed by atoms with Gasteiger partial charge in [-0.3, -0.25) is 4.99 Å². The third-order valence-electron chi connectivity index (χ3n) is 4.42. The fourth-order valence-corrected chi connectivity index (χ4v) is 3.01. The molecular formula is C16H31N5O3. The predicted molar refractivity (Wildman–Crippen MR) is 93.4 cm³/mol. The number of likely N-dealkylation sites (tertiary alicyclic amines) is 1. The Hall–Kier alpha value is -1.54. The average molecular weight is 341 g/mol. The molecule has 2 aliphatic heterocycles. The molecule has 8 heteroatoms. The number of carbonyl (C=O) groups is 1. The number of ether oxygens (including phenoxy) is 2. The molecule has 2 N–H and O–H groups in total. The third kappa shape index (κ3) is 5.83. The molecule has 2 aliphatic rings. The van der Waals surface area contributed by atoms with Crippen molar-refractivity contribution in [1.82, 2.24) is 20.4 Å². The summed E-state index contributed by atoms with van der Waals surface area (Å²) >= 11 is 0. The molecule has 2 saturated heterocycles. The number of hydrogen-bond donors (Lipinski definition) is 2. The minimum atomic E-state index is -0.211. The topological polar surface area (TPSA) is 78.4 Å². The van der Waals surface area contributed by atoms with Gasteiger partial charge in [0.2, 0.25) is 0 Å². The van der Waals surface area contributed by atoms with Gasteiger partial charge in [0.15, 0.2) is 5.96 Å². The molecule has 2 heterocycles. The van der Waals surface area contributed by atoms with Crippen LogP contribution in [0.1, 0.15) is 19.8 Å². The first-order chi connectivity index (χ1) is 11.6. The molecule has 1 amide bonds. The first-order valence-corrected chi connectivity index (χ1v) is 8.81. The quantitative estimate of drug-likeness (QED) is 0.558. The maximum absolute atomic E-state index is 11.7. The molecule has 138 valence electrons. The highest BCUT2D eigenvalue weighted by atomic mass is 16.6. The standard InChI is InChI=1S/C16H31N5O3/c1-4-23-16(22)21-7-5-13(6-8-21)19-15(17-2)18-11-14-12-20(3)9-10-24-14/h13-14H,4-12H2,1-3H3,(H2,17,18,19). The molecule has 2 rings (SSSR count). The Morgan fingerprint density at radius 1 is 1.33 bits per heavy atom. The number of nitrogens with one attached hydrogen (secondary N) is 2. The van der Waals surface area contributed by atoms with Crippen molar-refractivity contribution in [2.45, 2.75) is 31.9 Å². The van der Waals surface area contributed by atoms with Crippen molar-refractivity contribution in [3.8, 4) is 0 Å². The molecule has 1 atom stereocenters. The Kier molecular flexibility index (Phi) is 7.58. The number of nitrogens with zero attached hydrogens (tertiary/aromatic N) is 3. The third-order valence-corrected chi connectivity index (χ3v) is 4.42. The zero-order valence-corrected chi connectivity index (χ0v) is 15.1. The number of morpholine rings is 1. The molecule has 0 aromatic rings. The summed E-state index contributed by atoms with van der Waals surface area (Å²) in [5, 5.41) is 6.78. The fourth-order valence-electron chi connectivity index (χ4n) is 3.01. The van der Waals surface area contributed by atoms with E-state index in [-0.39, 0.29) is 12.2 Å². The summed E-state index contributed by atoms with van der Waals surface area (Å²) in [5.41, 5.74) is 0. The largest absolute Gasteiger partial charge is 0.450 e. The SMILES string of the molecule is CCOC(=O)N1CCC(NC(=NC)NCC2CN(C)CCO2)CC1. The van der Waals surface area contributed by atoms with E-state index in [4.69, 9.17) is 9.47 Å². The van der Waals surface area contributed by atoms with Crippen LogP contribution in [-0.4, -0.2) is 94.0 Å². The molecule has 24 heavy (non-hydrogen) atoms. The maximum atomic E-state index is 11.7. The molecule has 0 saturated carbocycles. The normalized spacial score (nSPS) is 23.9. The predicted octanol–water partition coefficient (Wildman–Crippen LogP) is 0.103. The molecule has 0 aromatic carbocycles. The van der Waals surface area contributed by atoms with Crippen molar-refractivity contribution in [3.05, 3.63) is 0 Å². The van der Waals surface area contributed by atoms with Crippen LogP contribution >= 0.6 is 0 Å². The molecule has 1 unspecified atom stereocenters. The summed E-state index contributed by atoms with van der Waals surface area (Å²) < 4.78 is 10.8. The number of aliphatic imine (C=N–C) groups is 1. The van der Waals surface area contributed by atoms with E-state index >= 15 is 0 Å². The molecule has 0 aliphatic carbocycles. The Balaban J connectivity index is 1.69. The van der Waals surface area contributed by atoms with Crippen LogP contribution in [0.5, 0.6) is 0 Å². The molecule has 0 aromatic heterocycles. The zero-order valence-electron chi connectivity index (χ0n) is 15.1. The molecule has 0 bridgehead atoms. The van der Waals surface area contributed by atoms with Crippen molar-refractivity contribution < 1.29 is 14.3 Å². The van der Waals surface area contributed by atoms with Crippen molar-refractivity contribution >= 4 is 12.1 Å². The zero-order chi connectivity index (χ0) is 17.4. The van der Waals surface area contributed by atoms with Gasteiger partial charge in [-0.15, -0.1) is 0 Å². The average Bonchev–Trinajstić information content (AvgIpc) is 2.59. The number of hydrogen-bond acceptors (Lipinski definition) is 5. The van der Waals surface area contributed by atoms with E-state index in [0.717, 1.165) is 45.0 Å². The van der Waals surface area contributed by atoms with Crippen molar-refractivity contribution in [2.75, 3.05) is 60.0 Å². The Labute approximate surface area is 144 Å². The highest BCUT2D eigenvalue weighted by Gasteiger charge is 2.24. The van der Waals surface area contributed by atoms with Gasteiger partial charge in [-0.05, 0) is 26.8 Å². The van der Waals surface area contributed by atoms with E-state index in [1.807, 2.05) is 6.92 Å². The lowest BCUT2D eigenvalue weighted by atomic mass is 10.1. The van der Waals surface area contributed by atoms with Gasteiger partial charge >= 0.3 is 6.09 Å². The van der Waals surface area contributed by atoms with Crippen LogP contribution < -0.4 is 10.6 Å². The first kappa shape index (κ1) is 18.8. The summed E-state index contributed by atoms with van der Waals surface area (Å²) in [6.07, 6.45) is 1.76. The Bertz CT molecular complexity index is 424. The molecule has 0 radical (unpaired) electrons. The number of amides is 1. The van der Waals surface area contributed by atoms with Crippen molar-refractivity contribution in [2.24, 2.45) is 4.99 Å². The monoisotopic (exact) mass is 341 g/mol. The van der Waals surface area contributed by atoms with Crippen molar-refractivity contribution in [3.63, 3.8) is 0 Å². The van der Waals surface area contributed by atoms with Crippen LogP contribution in [0.15, 0.2) is 4.99 Å². The molecule has 2 fully saturated rings. The van der Waals surface area contributed by atoms with Gasteiger partial charge in [-0.25, -0.2) is 4.79 Å². The van der Waals surface area contributed by atoms with Gasteiger partial charge in [-0.2, -0.15) is 0 Å². The summed E-state index contributed by atoms with van der Waals surface area (Å²) in [4.78, 5) is 20.0. The molecular weight excluding hydrogens is 310 g/mol. The Morgan fingerprint density at radius 3 is 2.71 bits per heavy atom. The van der Waals surface area contributed by atoms with Gasteiger partial charge in [-0.1, -0.05) is 0 Å². The van der Waals surface area contributed by atoms with E-state index in [1.54, 1.807) is 11.9 Å². The second-order valence-electron chi connectivity index (χ2n) is 6.31. The fraction of sp³-hybridized carbons (Fsp3) is 0.875. The maximum Gasteiger partial charge on any atom is 0.409 e. The summed E-state index contributed by atoms with van der Waals surface area (Å²) in [6, 6.07) is 0.317. The van der Waals surface area contributed by atoms with Gasteiger partial charge in [0.1, 0.15) is 0 Å². The summed E-state index contributed by atoms with van der Waals surface area (Å²) in [6.45, 7) is 7.12. The number of piperidine rings is 1. The van der Waals surface area contributed by atoms with Crippen LogP contribution in [0, 0.1) is 0 Å². The molecule has 0 spiro atoms. The minimum Gasteiger partial charge on any atom is -0.450 e. The van der Waals surface area contributed by atoms with Gasteiger partial charge in [0, 0.05) is 45.8 Å².